The predicted octanol–water partition coefficient (Wildman–Crippen LogP) is 4.41. The molecule has 35 heavy (non-hydrogen) atoms. The number of nitrogens with one attached hydrogen (secondary N) is 1. The van der Waals surface area contributed by atoms with Crippen LogP contribution in [0, 0.1) is 0 Å². The number of hydrogen-bond acceptors (Lipinski definition) is 8. The highest BCUT2D eigenvalue weighted by atomic mass is 35.5. The largest absolute Gasteiger partial charge is 0.497 e. The lowest BCUT2D eigenvalue weighted by atomic mass is 10.1. The van der Waals surface area contributed by atoms with E-state index in [0.29, 0.717) is 33.5 Å². The van der Waals surface area contributed by atoms with Gasteiger partial charge in [-0.1, -0.05) is 23.7 Å². The third-order valence-corrected chi connectivity index (χ3v) is 6.43. The fraction of sp³-hybridized carbons (Fsp3) is 0.167. The number of rotatable bonds is 9. The van der Waals surface area contributed by atoms with E-state index in [4.69, 9.17) is 25.3 Å². The SMILES string of the molecule is CCOC(=O)CNc1c(-c2cccc(OS(=O)(=O)c3ccc(OC)cc3)c2)nc2ccc(Cl)cn12. The third-order valence-electron chi connectivity index (χ3n) is 4.95. The Kier molecular flexibility index (Phi) is 7.13. The molecule has 0 spiro atoms. The predicted molar refractivity (Wildman–Crippen MR) is 132 cm³/mol. The van der Waals surface area contributed by atoms with Gasteiger partial charge in [0.05, 0.1) is 18.7 Å². The number of aromatic nitrogens is 2. The molecule has 0 saturated heterocycles. The molecule has 9 nitrogen and oxygen atoms in total. The molecule has 182 valence electrons. The van der Waals surface area contributed by atoms with Crippen LogP contribution >= 0.6 is 11.6 Å². The van der Waals surface area contributed by atoms with Crippen LogP contribution in [0.4, 0.5) is 5.82 Å². The van der Waals surface area contributed by atoms with Gasteiger partial charge in [0.15, 0.2) is 0 Å². The Morgan fingerprint density at radius 1 is 1.09 bits per heavy atom. The Balaban J connectivity index is 1.68. The zero-order valence-electron chi connectivity index (χ0n) is 18.9. The Morgan fingerprint density at radius 2 is 1.86 bits per heavy atom. The fourth-order valence-electron chi connectivity index (χ4n) is 3.37. The number of methoxy groups -OCH3 is 1. The lowest BCUT2D eigenvalue weighted by Gasteiger charge is -2.11. The second kappa shape index (κ2) is 10.2. The molecule has 0 aliphatic carbocycles. The minimum absolute atomic E-state index is 0.0112. The molecule has 4 aromatic rings. The van der Waals surface area contributed by atoms with Crippen molar-refractivity contribution < 1.29 is 26.9 Å². The summed E-state index contributed by atoms with van der Waals surface area (Å²) in [6, 6.07) is 15.8. The van der Waals surface area contributed by atoms with Gasteiger partial charge in [-0.15, -0.1) is 0 Å². The van der Waals surface area contributed by atoms with Crippen molar-refractivity contribution in [1.29, 1.82) is 0 Å². The number of pyridine rings is 1. The van der Waals surface area contributed by atoms with Gasteiger partial charge < -0.3 is 19.0 Å². The van der Waals surface area contributed by atoms with E-state index in [1.54, 1.807) is 47.9 Å². The van der Waals surface area contributed by atoms with Crippen molar-refractivity contribution in [1.82, 2.24) is 9.38 Å². The van der Waals surface area contributed by atoms with Crippen molar-refractivity contribution in [2.45, 2.75) is 11.8 Å². The number of fused-ring (bicyclic) bond motifs is 1. The summed E-state index contributed by atoms with van der Waals surface area (Å²) in [7, 11) is -2.59. The van der Waals surface area contributed by atoms with Crippen LogP contribution < -0.4 is 14.2 Å². The summed E-state index contributed by atoms with van der Waals surface area (Å²) in [4.78, 5) is 16.6. The summed E-state index contributed by atoms with van der Waals surface area (Å²) >= 11 is 6.17. The summed E-state index contributed by atoms with van der Waals surface area (Å²) in [6.45, 7) is 1.89. The highest BCUT2D eigenvalue weighted by Crippen LogP contribution is 2.32. The number of carbonyl (C=O) groups is 1. The molecule has 0 aliphatic heterocycles. The zero-order valence-corrected chi connectivity index (χ0v) is 20.5. The van der Waals surface area contributed by atoms with Crippen molar-refractivity contribution in [3.63, 3.8) is 0 Å². The van der Waals surface area contributed by atoms with E-state index in [2.05, 4.69) is 10.3 Å². The van der Waals surface area contributed by atoms with Crippen LogP contribution in [-0.2, 0) is 19.6 Å². The average molecular weight is 516 g/mol. The summed E-state index contributed by atoms with van der Waals surface area (Å²) < 4.78 is 42.7. The van der Waals surface area contributed by atoms with Crippen molar-refractivity contribution >= 4 is 39.2 Å². The maximum absolute atomic E-state index is 12.8. The molecule has 0 radical (unpaired) electrons. The van der Waals surface area contributed by atoms with Crippen LogP contribution in [0.25, 0.3) is 16.9 Å². The molecule has 0 saturated carbocycles. The highest BCUT2D eigenvalue weighted by molar-refractivity contribution is 7.87. The maximum Gasteiger partial charge on any atom is 0.339 e. The molecule has 0 fully saturated rings. The number of imidazole rings is 1. The first-order valence-corrected chi connectivity index (χ1v) is 12.4. The third kappa shape index (κ3) is 5.50. The van der Waals surface area contributed by atoms with Crippen LogP contribution in [0.3, 0.4) is 0 Å². The molecule has 11 heteroatoms. The van der Waals surface area contributed by atoms with Crippen molar-refractivity contribution in [2.24, 2.45) is 0 Å². The van der Waals surface area contributed by atoms with Gasteiger partial charge in [0.25, 0.3) is 0 Å². The second-order valence-electron chi connectivity index (χ2n) is 7.28. The number of halogens is 1. The lowest BCUT2D eigenvalue weighted by molar-refractivity contribution is -0.140. The van der Waals surface area contributed by atoms with Crippen LogP contribution in [0.1, 0.15) is 6.92 Å². The van der Waals surface area contributed by atoms with Crippen LogP contribution in [0.15, 0.2) is 71.8 Å². The zero-order chi connectivity index (χ0) is 25.0. The summed E-state index contributed by atoms with van der Waals surface area (Å²) in [5.41, 5.74) is 1.62. The Labute approximate surface area is 207 Å². The number of nitrogens with zero attached hydrogens (tertiary/aromatic N) is 2. The van der Waals surface area contributed by atoms with Gasteiger partial charge in [0, 0.05) is 11.8 Å². The number of ether oxygens (including phenoxy) is 2. The number of benzene rings is 2. The quantitative estimate of drug-likeness (QED) is 0.258. The van der Waals surface area contributed by atoms with Gasteiger partial charge in [-0.2, -0.15) is 8.42 Å². The van der Waals surface area contributed by atoms with Gasteiger partial charge in [-0.25, -0.2) is 4.98 Å². The van der Waals surface area contributed by atoms with Crippen LogP contribution in [-0.4, -0.2) is 44.0 Å². The number of esters is 1. The number of carbonyl (C=O) groups excluding carboxylic acids is 1. The fourth-order valence-corrected chi connectivity index (χ4v) is 4.45. The van der Waals surface area contributed by atoms with Gasteiger partial charge in [-0.3, -0.25) is 9.20 Å². The maximum atomic E-state index is 12.8. The minimum atomic E-state index is -4.08. The monoisotopic (exact) mass is 515 g/mol. The highest BCUT2D eigenvalue weighted by Gasteiger charge is 2.20. The molecule has 4 rings (SSSR count). The first-order valence-electron chi connectivity index (χ1n) is 10.6. The molecule has 0 amide bonds. The summed E-state index contributed by atoms with van der Waals surface area (Å²) in [5.74, 6) is 0.689. The first-order chi connectivity index (χ1) is 16.8. The molecule has 0 bridgehead atoms. The van der Waals surface area contributed by atoms with Crippen molar-refractivity contribution in [3.8, 4) is 22.8 Å². The van der Waals surface area contributed by atoms with Crippen LogP contribution in [0.2, 0.25) is 5.02 Å². The van der Waals surface area contributed by atoms with E-state index in [0.717, 1.165) is 0 Å². The molecule has 1 N–H and O–H groups in total. The van der Waals surface area contributed by atoms with E-state index in [1.165, 1.54) is 37.4 Å². The number of hydrogen-bond donors (Lipinski definition) is 1. The standard InChI is InChI=1S/C24H22ClN3O6S/c1-3-33-22(29)14-26-24-23(27-21-12-7-17(25)15-28(21)24)16-5-4-6-19(13-16)34-35(30,31)20-10-8-18(32-2)9-11-20/h4-13,15,26H,3,14H2,1-2H3. The Hall–Kier alpha value is -3.76. The molecule has 2 heterocycles. The molecule has 0 aliphatic rings. The van der Waals surface area contributed by atoms with E-state index in [-0.39, 0.29) is 23.8 Å². The molecule has 0 unspecified atom stereocenters. The lowest BCUT2D eigenvalue weighted by Crippen LogP contribution is -2.17. The smallest absolute Gasteiger partial charge is 0.339 e. The van der Waals surface area contributed by atoms with E-state index >= 15 is 0 Å². The Bertz CT molecular complexity index is 1470. The summed E-state index contributed by atoms with van der Waals surface area (Å²) in [5, 5.41) is 3.52. The molecular formula is C24H22ClN3O6S. The molecule has 2 aromatic heterocycles. The minimum Gasteiger partial charge on any atom is -0.497 e. The van der Waals surface area contributed by atoms with Gasteiger partial charge in [0.2, 0.25) is 0 Å². The molecule has 2 aromatic carbocycles. The topological polar surface area (TPSA) is 108 Å². The molecule has 0 atom stereocenters. The normalized spacial score (nSPS) is 11.3. The van der Waals surface area contributed by atoms with E-state index < -0.39 is 16.1 Å². The van der Waals surface area contributed by atoms with Crippen molar-refractivity contribution in [2.75, 3.05) is 25.6 Å². The number of anilines is 1. The average Bonchev–Trinajstić information content (AvgIpc) is 3.20. The van der Waals surface area contributed by atoms with Crippen LogP contribution in [0.5, 0.6) is 11.5 Å². The second-order valence-corrected chi connectivity index (χ2v) is 9.27. The van der Waals surface area contributed by atoms with E-state index in [9.17, 15) is 13.2 Å². The molecular weight excluding hydrogens is 494 g/mol. The van der Waals surface area contributed by atoms with Gasteiger partial charge in [-0.05, 0) is 55.5 Å². The van der Waals surface area contributed by atoms with E-state index in [1.807, 2.05) is 0 Å². The first kappa shape index (κ1) is 24.4. The van der Waals surface area contributed by atoms with Gasteiger partial charge in [0.1, 0.15) is 40.1 Å². The Morgan fingerprint density at radius 3 is 2.57 bits per heavy atom. The van der Waals surface area contributed by atoms with Gasteiger partial charge >= 0.3 is 16.1 Å². The summed E-state index contributed by atoms with van der Waals surface area (Å²) in [6.07, 6.45) is 1.66. The van der Waals surface area contributed by atoms with Crippen molar-refractivity contribution in [3.05, 3.63) is 71.9 Å².